The summed E-state index contributed by atoms with van der Waals surface area (Å²) in [6, 6.07) is 7.28. The zero-order valence-electron chi connectivity index (χ0n) is 10.6. The molecule has 1 aromatic carbocycles. The number of allylic oxidation sites excluding steroid dienone is 2. The maximum absolute atomic E-state index is 10.8. The highest BCUT2D eigenvalue weighted by Gasteiger charge is 2.06. The van der Waals surface area contributed by atoms with E-state index in [1.165, 1.54) is 12.2 Å². The number of rotatable bonds is 6. The fourth-order valence-electron chi connectivity index (χ4n) is 1.53. The van der Waals surface area contributed by atoms with Crippen LogP contribution in [0.2, 0.25) is 0 Å². The molecule has 0 fully saturated rings. The van der Waals surface area contributed by atoms with E-state index in [1.54, 1.807) is 31.4 Å². The van der Waals surface area contributed by atoms with E-state index < -0.39 is 11.8 Å². The van der Waals surface area contributed by atoms with Crippen molar-refractivity contribution < 1.29 is 14.3 Å². The van der Waals surface area contributed by atoms with Crippen LogP contribution in [-0.4, -0.2) is 18.9 Å². The molecule has 0 atom stereocenters. The van der Waals surface area contributed by atoms with Crippen LogP contribution in [0.15, 0.2) is 48.6 Å². The number of hydrogen-bond donors (Lipinski definition) is 2. The maximum atomic E-state index is 10.8. The van der Waals surface area contributed by atoms with E-state index in [9.17, 15) is 9.59 Å². The summed E-state index contributed by atoms with van der Waals surface area (Å²) >= 11 is 0. The Kier molecular flexibility index (Phi) is 5.35. The molecule has 5 nitrogen and oxygen atoms in total. The second-order valence-corrected chi connectivity index (χ2v) is 3.83. The van der Waals surface area contributed by atoms with Crippen LogP contribution in [0.25, 0.3) is 0 Å². The highest BCUT2D eigenvalue weighted by atomic mass is 16.5. The second kappa shape index (κ2) is 7.00. The molecule has 2 amide bonds. The number of carbonyl (C=O) groups is 2. The van der Waals surface area contributed by atoms with Crippen molar-refractivity contribution in [1.29, 1.82) is 0 Å². The number of nitrogens with two attached hydrogens (primary N) is 2. The lowest BCUT2D eigenvalue weighted by Gasteiger charge is -2.09. The Morgan fingerprint density at radius 1 is 1.16 bits per heavy atom. The van der Waals surface area contributed by atoms with Gasteiger partial charge in [0.25, 0.3) is 0 Å². The smallest absolute Gasteiger partial charge is 0.241 e. The van der Waals surface area contributed by atoms with Crippen molar-refractivity contribution in [1.82, 2.24) is 0 Å². The normalized spacial score (nSPS) is 11.3. The van der Waals surface area contributed by atoms with Crippen molar-refractivity contribution in [3.8, 4) is 5.75 Å². The summed E-state index contributed by atoms with van der Waals surface area (Å²) in [5.74, 6) is -0.710. The highest BCUT2D eigenvalue weighted by molar-refractivity contribution is 5.87. The van der Waals surface area contributed by atoms with Gasteiger partial charge in [0.15, 0.2) is 0 Å². The molecule has 1 rings (SSSR count). The Bertz CT molecular complexity index is 497. The van der Waals surface area contributed by atoms with Gasteiger partial charge in [-0.3, -0.25) is 9.59 Å². The van der Waals surface area contributed by atoms with Gasteiger partial charge in [-0.25, -0.2) is 0 Å². The third-order valence-electron chi connectivity index (χ3n) is 2.41. The molecule has 0 aliphatic heterocycles. The van der Waals surface area contributed by atoms with Gasteiger partial charge < -0.3 is 16.2 Å². The van der Waals surface area contributed by atoms with Crippen LogP contribution in [0.5, 0.6) is 5.75 Å². The molecule has 0 aromatic heterocycles. The molecule has 0 unspecified atom stereocenters. The maximum Gasteiger partial charge on any atom is 0.241 e. The minimum Gasteiger partial charge on any atom is -0.497 e. The zero-order valence-corrected chi connectivity index (χ0v) is 10.6. The summed E-state index contributed by atoms with van der Waals surface area (Å²) in [5.41, 5.74) is 11.0. The van der Waals surface area contributed by atoms with E-state index in [1.807, 2.05) is 12.1 Å². The molecule has 5 heteroatoms. The van der Waals surface area contributed by atoms with Crippen molar-refractivity contribution in [2.75, 3.05) is 7.11 Å². The van der Waals surface area contributed by atoms with Crippen molar-refractivity contribution in [3.05, 3.63) is 54.1 Å². The molecular weight excluding hydrogens is 244 g/mol. The van der Waals surface area contributed by atoms with Gasteiger partial charge in [-0.1, -0.05) is 24.3 Å². The first kappa shape index (κ1) is 14.5. The first-order valence-electron chi connectivity index (χ1n) is 5.62. The Hall–Kier alpha value is -2.56. The number of benzene rings is 1. The van der Waals surface area contributed by atoms with Crippen LogP contribution in [-0.2, 0) is 9.59 Å². The molecule has 1 aromatic rings. The lowest BCUT2D eigenvalue weighted by molar-refractivity contribution is -0.114. The summed E-state index contributed by atoms with van der Waals surface area (Å²) in [6.07, 6.45) is 5.68. The van der Waals surface area contributed by atoms with E-state index in [2.05, 4.69) is 0 Å². The first-order valence-corrected chi connectivity index (χ1v) is 5.62. The molecule has 0 radical (unpaired) electrons. The average molecular weight is 260 g/mol. The molecule has 100 valence electrons. The molecule has 0 heterocycles. The van der Waals surface area contributed by atoms with E-state index >= 15 is 0 Å². The number of primary amides is 2. The minimum absolute atomic E-state index is 0.282. The van der Waals surface area contributed by atoms with Gasteiger partial charge in [0.1, 0.15) is 5.75 Å². The summed E-state index contributed by atoms with van der Waals surface area (Å²) in [6.45, 7) is 0. The van der Waals surface area contributed by atoms with E-state index in [0.29, 0.717) is 5.75 Å². The Morgan fingerprint density at radius 3 is 2.21 bits per heavy atom. The van der Waals surface area contributed by atoms with Gasteiger partial charge >= 0.3 is 0 Å². The average Bonchev–Trinajstić information content (AvgIpc) is 2.38. The molecule has 0 saturated heterocycles. The zero-order chi connectivity index (χ0) is 14.3. The Balaban J connectivity index is 3.06. The topological polar surface area (TPSA) is 95.4 Å². The quantitative estimate of drug-likeness (QED) is 0.742. The van der Waals surface area contributed by atoms with Crippen LogP contribution in [0.3, 0.4) is 0 Å². The number of hydrogen-bond acceptors (Lipinski definition) is 3. The van der Waals surface area contributed by atoms with Gasteiger partial charge in [-0.15, -0.1) is 0 Å². The van der Waals surface area contributed by atoms with Crippen LogP contribution in [0, 0.1) is 0 Å². The number of methoxy groups -OCH3 is 1. The molecule has 4 N–H and O–H groups in total. The third-order valence-corrected chi connectivity index (χ3v) is 2.41. The fourth-order valence-corrected chi connectivity index (χ4v) is 1.53. The second-order valence-electron chi connectivity index (χ2n) is 3.83. The summed E-state index contributed by atoms with van der Waals surface area (Å²) in [5, 5.41) is 0. The van der Waals surface area contributed by atoms with Crippen molar-refractivity contribution >= 4 is 11.8 Å². The Morgan fingerprint density at radius 2 is 1.74 bits per heavy atom. The van der Waals surface area contributed by atoms with E-state index in [0.717, 1.165) is 5.56 Å². The van der Waals surface area contributed by atoms with Crippen molar-refractivity contribution in [2.45, 2.75) is 5.92 Å². The summed E-state index contributed by atoms with van der Waals surface area (Å²) < 4.78 is 5.12. The lowest BCUT2D eigenvalue weighted by Crippen LogP contribution is -2.08. The first-order chi connectivity index (χ1) is 9.02. The van der Waals surface area contributed by atoms with Gasteiger partial charge in [-0.05, 0) is 29.8 Å². The monoisotopic (exact) mass is 260 g/mol. The van der Waals surface area contributed by atoms with Gasteiger partial charge in [0, 0.05) is 5.92 Å². The van der Waals surface area contributed by atoms with Gasteiger partial charge in [-0.2, -0.15) is 0 Å². The van der Waals surface area contributed by atoms with E-state index in [-0.39, 0.29) is 5.92 Å². The standard InChI is InChI=1S/C14H16N2O3/c1-19-12-4-2-3-11(9-12)10(5-7-13(15)17)6-8-14(16)18/h2-10H,1H3,(H2,15,17)(H2,16,18)/b7-5+,8-6+. The molecule has 0 spiro atoms. The van der Waals surface area contributed by atoms with Crippen LogP contribution >= 0.6 is 0 Å². The predicted molar refractivity (Wildman–Crippen MR) is 72.4 cm³/mol. The lowest BCUT2D eigenvalue weighted by atomic mass is 9.97. The summed E-state index contributed by atoms with van der Waals surface area (Å²) in [4.78, 5) is 21.6. The van der Waals surface area contributed by atoms with Crippen LogP contribution in [0.4, 0.5) is 0 Å². The fraction of sp³-hybridized carbons (Fsp3) is 0.143. The Labute approximate surface area is 111 Å². The molecule has 0 aliphatic rings. The SMILES string of the molecule is COc1cccc(C(/C=C/C(N)=O)/C=C/C(N)=O)c1. The molecule has 0 saturated carbocycles. The van der Waals surface area contributed by atoms with Crippen LogP contribution in [0.1, 0.15) is 11.5 Å². The molecule has 0 aliphatic carbocycles. The predicted octanol–water partition coefficient (Wildman–Crippen LogP) is 0.862. The van der Waals surface area contributed by atoms with Crippen LogP contribution < -0.4 is 16.2 Å². The van der Waals surface area contributed by atoms with E-state index in [4.69, 9.17) is 16.2 Å². The van der Waals surface area contributed by atoms with Crippen molar-refractivity contribution in [2.24, 2.45) is 11.5 Å². The van der Waals surface area contributed by atoms with Gasteiger partial charge in [0.2, 0.25) is 11.8 Å². The highest BCUT2D eigenvalue weighted by Crippen LogP contribution is 2.23. The minimum atomic E-state index is -0.555. The largest absolute Gasteiger partial charge is 0.497 e. The van der Waals surface area contributed by atoms with Crippen molar-refractivity contribution in [3.63, 3.8) is 0 Å². The van der Waals surface area contributed by atoms with Gasteiger partial charge in [0.05, 0.1) is 7.11 Å². The summed E-state index contributed by atoms with van der Waals surface area (Å²) in [7, 11) is 1.56. The molecule has 19 heavy (non-hydrogen) atoms. The number of amides is 2. The number of carbonyl (C=O) groups excluding carboxylic acids is 2. The third kappa shape index (κ3) is 5.08. The molecule has 0 bridgehead atoms. The molecular formula is C14H16N2O3. The number of ether oxygens (including phenoxy) is 1.